The summed E-state index contributed by atoms with van der Waals surface area (Å²) in [5.74, 6) is 2.13. The molecule has 2 aromatic carbocycles. The number of imidazole rings is 1. The van der Waals surface area contributed by atoms with E-state index in [1.807, 2.05) is 7.11 Å². The second-order valence-corrected chi connectivity index (χ2v) is 11.0. The second kappa shape index (κ2) is 9.22. The van der Waals surface area contributed by atoms with Gasteiger partial charge >= 0.3 is 0 Å². The molecular weight excluding hydrogens is 453 g/mol. The summed E-state index contributed by atoms with van der Waals surface area (Å²) < 4.78 is 8.57. The number of methoxy groups -OCH3 is 1. The van der Waals surface area contributed by atoms with Crippen LogP contribution in [0, 0.1) is 12.8 Å². The number of aromatic nitrogens is 2. The maximum atomic E-state index is 6.25. The number of fused-ring (bicyclic) bond motifs is 2. The van der Waals surface area contributed by atoms with Crippen molar-refractivity contribution in [2.75, 3.05) is 26.7 Å². The highest BCUT2D eigenvalue weighted by molar-refractivity contribution is 6.42. The van der Waals surface area contributed by atoms with E-state index in [1.54, 1.807) is 0 Å². The van der Waals surface area contributed by atoms with E-state index >= 15 is 0 Å². The molecule has 3 aromatic rings. The van der Waals surface area contributed by atoms with Crippen molar-refractivity contribution in [1.82, 2.24) is 14.5 Å². The van der Waals surface area contributed by atoms with E-state index in [0.29, 0.717) is 27.9 Å². The third-order valence-corrected chi connectivity index (χ3v) is 8.13. The molecule has 1 saturated heterocycles. The molecule has 0 spiro atoms. The van der Waals surface area contributed by atoms with Crippen LogP contribution >= 0.6 is 23.2 Å². The number of piperidine rings is 1. The van der Waals surface area contributed by atoms with Crippen LogP contribution in [-0.4, -0.2) is 47.3 Å². The lowest BCUT2D eigenvalue weighted by molar-refractivity contribution is -0.00966. The summed E-state index contributed by atoms with van der Waals surface area (Å²) in [6, 6.07) is 11.0. The molecule has 5 rings (SSSR count). The minimum Gasteiger partial charge on any atom is -0.378 e. The summed E-state index contributed by atoms with van der Waals surface area (Å²) in [5.41, 5.74) is 6.28. The van der Waals surface area contributed by atoms with Crippen LogP contribution in [0.2, 0.25) is 10.0 Å². The molecule has 33 heavy (non-hydrogen) atoms. The van der Waals surface area contributed by atoms with E-state index in [9.17, 15) is 0 Å². The monoisotopic (exact) mass is 485 g/mol. The molecule has 2 atom stereocenters. The molecule has 4 nitrogen and oxygen atoms in total. The van der Waals surface area contributed by atoms with Gasteiger partial charge in [0.2, 0.25) is 0 Å². The summed E-state index contributed by atoms with van der Waals surface area (Å²) in [6.45, 7) is 9.70. The Balaban J connectivity index is 1.34. The number of nitrogens with zero attached hydrogens (tertiary/aromatic N) is 3. The molecule has 0 bridgehead atoms. The maximum Gasteiger partial charge on any atom is 0.112 e. The number of benzene rings is 2. The van der Waals surface area contributed by atoms with Crippen molar-refractivity contribution >= 4 is 34.2 Å². The molecular formula is C27H33Cl2N3O. The van der Waals surface area contributed by atoms with Crippen LogP contribution in [0.25, 0.3) is 11.0 Å². The molecule has 176 valence electrons. The lowest BCUT2D eigenvalue weighted by atomic mass is 9.97. The fraction of sp³-hybridized carbons (Fsp3) is 0.519. The highest BCUT2D eigenvalue weighted by atomic mass is 35.5. The van der Waals surface area contributed by atoms with Crippen LogP contribution < -0.4 is 0 Å². The molecule has 0 amide bonds. The number of likely N-dealkylation sites (tertiary alicyclic amines) is 1. The van der Waals surface area contributed by atoms with Gasteiger partial charge in [0.1, 0.15) is 5.82 Å². The number of aryl methyl sites for hydroxylation is 1. The van der Waals surface area contributed by atoms with Crippen LogP contribution in [0.3, 0.4) is 0 Å². The quantitative estimate of drug-likeness (QED) is 0.415. The van der Waals surface area contributed by atoms with E-state index in [2.05, 4.69) is 60.6 Å². The van der Waals surface area contributed by atoms with Crippen LogP contribution in [0.5, 0.6) is 0 Å². The molecule has 1 aliphatic carbocycles. The van der Waals surface area contributed by atoms with Gasteiger partial charge in [-0.2, -0.15) is 0 Å². The Labute approximate surface area is 206 Å². The first kappa shape index (κ1) is 23.2. The van der Waals surface area contributed by atoms with Crippen LogP contribution in [-0.2, 0) is 17.6 Å². The minimum atomic E-state index is 0.141. The topological polar surface area (TPSA) is 30.3 Å². The molecule has 2 aliphatic rings. The Kier molecular flexibility index (Phi) is 6.47. The van der Waals surface area contributed by atoms with Crippen molar-refractivity contribution in [3.05, 3.63) is 62.9 Å². The van der Waals surface area contributed by atoms with Gasteiger partial charge in [0.25, 0.3) is 0 Å². The van der Waals surface area contributed by atoms with E-state index in [0.717, 1.165) is 50.2 Å². The SMILES string of the molecule is CO[C@H]1CN(CC2Cc3cc(Cl)c(Cl)cc3C2)CC[C@@H]1n1c(C(C)C)nc2cc(C)ccc21. The molecule has 2 heterocycles. The predicted molar refractivity (Wildman–Crippen MR) is 137 cm³/mol. The normalized spacial score (nSPS) is 21.9. The number of hydrogen-bond donors (Lipinski definition) is 0. The molecule has 1 aromatic heterocycles. The Morgan fingerprint density at radius 3 is 2.42 bits per heavy atom. The summed E-state index contributed by atoms with van der Waals surface area (Å²) in [7, 11) is 1.86. The first-order chi connectivity index (χ1) is 15.8. The smallest absolute Gasteiger partial charge is 0.112 e. The Bertz CT molecular complexity index is 1140. The standard InChI is InChI=1S/C27H33Cl2N3O/c1-16(2)27-30-23-9-17(3)5-6-24(23)32(27)25-7-8-31(15-26(25)33-4)14-18-10-19-12-21(28)22(29)13-20(19)11-18/h5-6,9,12-13,16,18,25-26H,7-8,10-11,14-15H2,1-4H3/t25-,26-/m0/s1. The summed E-state index contributed by atoms with van der Waals surface area (Å²) in [6.07, 6.45) is 3.36. The van der Waals surface area contributed by atoms with Gasteiger partial charge < -0.3 is 14.2 Å². The highest BCUT2D eigenvalue weighted by Gasteiger charge is 2.35. The zero-order chi connectivity index (χ0) is 23.3. The van der Waals surface area contributed by atoms with Crippen molar-refractivity contribution in [1.29, 1.82) is 0 Å². The fourth-order valence-corrected chi connectivity index (χ4v) is 6.21. The fourth-order valence-electron chi connectivity index (χ4n) is 5.84. The van der Waals surface area contributed by atoms with Crippen molar-refractivity contribution in [3.63, 3.8) is 0 Å². The van der Waals surface area contributed by atoms with Crippen molar-refractivity contribution in [2.24, 2.45) is 5.92 Å². The highest BCUT2D eigenvalue weighted by Crippen LogP contribution is 2.36. The van der Waals surface area contributed by atoms with E-state index in [4.69, 9.17) is 32.9 Å². The first-order valence-electron chi connectivity index (χ1n) is 12.0. The second-order valence-electron chi connectivity index (χ2n) is 10.2. The van der Waals surface area contributed by atoms with Gasteiger partial charge in [0.15, 0.2) is 0 Å². The average Bonchev–Trinajstić information content (AvgIpc) is 3.34. The lowest BCUT2D eigenvalue weighted by Crippen LogP contribution is -2.47. The molecule has 1 fully saturated rings. The largest absolute Gasteiger partial charge is 0.378 e. The van der Waals surface area contributed by atoms with Gasteiger partial charge in [-0.05, 0) is 73.1 Å². The van der Waals surface area contributed by atoms with Gasteiger partial charge in [0, 0.05) is 32.7 Å². The number of ether oxygens (including phenoxy) is 1. The number of halogens is 2. The number of hydrogen-bond acceptors (Lipinski definition) is 3. The lowest BCUT2D eigenvalue weighted by Gasteiger charge is -2.40. The third kappa shape index (κ3) is 4.43. The summed E-state index contributed by atoms with van der Waals surface area (Å²) in [5, 5.41) is 1.33. The maximum absolute atomic E-state index is 6.25. The molecule has 0 unspecified atom stereocenters. The minimum absolute atomic E-state index is 0.141. The van der Waals surface area contributed by atoms with Crippen LogP contribution in [0.15, 0.2) is 30.3 Å². The molecule has 0 radical (unpaired) electrons. The van der Waals surface area contributed by atoms with E-state index in [1.165, 1.54) is 22.2 Å². The first-order valence-corrected chi connectivity index (χ1v) is 12.8. The van der Waals surface area contributed by atoms with Crippen LogP contribution in [0.1, 0.15) is 54.7 Å². The number of rotatable bonds is 5. The zero-order valence-corrected chi connectivity index (χ0v) is 21.5. The zero-order valence-electron chi connectivity index (χ0n) is 19.9. The molecule has 0 N–H and O–H groups in total. The Morgan fingerprint density at radius 1 is 1.09 bits per heavy atom. The van der Waals surface area contributed by atoms with Gasteiger partial charge in [-0.3, -0.25) is 0 Å². The van der Waals surface area contributed by atoms with Crippen molar-refractivity contribution in [3.8, 4) is 0 Å². The van der Waals surface area contributed by atoms with Gasteiger partial charge in [-0.25, -0.2) is 4.98 Å². The van der Waals surface area contributed by atoms with E-state index < -0.39 is 0 Å². The van der Waals surface area contributed by atoms with Gasteiger partial charge in [-0.1, -0.05) is 43.1 Å². The van der Waals surface area contributed by atoms with E-state index in [-0.39, 0.29) is 6.10 Å². The van der Waals surface area contributed by atoms with Crippen molar-refractivity contribution < 1.29 is 4.74 Å². The Hall–Kier alpha value is -1.59. The molecule has 0 saturated carbocycles. The summed E-state index contributed by atoms with van der Waals surface area (Å²) in [4.78, 5) is 7.61. The Morgan fingerprint density at radius 2 is 1.79 bits per heavy atom. The average molecular weight is 486 g/mol. The third-order valence-electron chi connectivity index (χ3n) is 7.41. The van der Waals surface area contributed by atoms with Crippen LogP contribution in [0.4, 0.5) is 0 Å². The predicted octanol–water partition coefficient (Wildman–Crippen LogP) is 6.45. The van der Waals surface area contributed by atoms with Crippen molar-refractivity contribution in [2.45, 2.75) is 58.1 Å². The summed E-state index contributed by atoms with van der Waals surface area (Å²) >= 11 is 12.5. The molecule has 6 heteroatoms. The molecule has 1 aliphatic heterocycles. The van der Waals surface area contributed by atoms with Gasteiger partial charge in [0.05, 0.1) is 33.2 Å². The van der Waals surface area contributed by atoms with Gasteiger partial charge in [-0.15, -0.1) is 0 Å².